The lowest BCUT2D eigenvalue weighted by Crippen LogP contribution is -2.13. The molecule has 0 spiro atoms. The van der Waals surface area contributed by atoms with E-state index in [0.717, 1.165) is 18.5 Å². The molecule has 7 nitrogen and oxygen atoms in total. The molecule has 3 aromatic heterocycles. The summed E-state index contributed by atoms with van der Waals surface area (Å²) in [6, 6.07) is 9.24. The summed E-state index contributed by atoms with van der Waals surface area (Å²) in [5.41, 5.74) is 3.18. The third-order valence-corrected chi connectivity index (χ3v) is 4.69. The number of carbonyl (C=O) groups excluding carboxylic acids is 1. The Morgan fingerprint density at radius 2 is 1.93 bits per heavy atom. The number of benzene rings is 1. The third-order valence-electron chi connectivity index (χ3n) is 4.69. The van der Waals surface area contributed by atoms with Crippen molar-refractivity contribution >= 4 is 22.9 Å². The first-order valence-electron chi connectivity index (χ1n) is 8.89. The monoisotopic (exact) mass is 378 g/mol. The summed E-state index contributed by atoms with van der Waals surface area (Å²) in [5.74, 6) is -0.163. The van der Waals surface area contributed by atoms with Crippen molar-refractivity contribution in [1.29, 1.82) is 0 Å². The van der Waals surface area contributed by atoms with Gasteiger partial charge in [0, 0.05) is 23.2 Å². The van der Waals surface area contributed by atoms with Gasteiger partial charge in [-0.25, -0.2) is 9.37 Å². The molecule has 0 radical (unpaired) electrons. The fourth-order valence-electron chi connectivity index (χ4n) is 3.14. The fourth-order valence-corrected chi connectivity index (χ4v) is 3.14. The SMILES string of the molecule is Cc1cc(NC(=O)c2cc(C3CC3)nc3onc(-c4ccc(F)cc4)c23)on1. The van der Waals surface area contributed by atoms with Crippen molar-refractivity contribution in [2.45, 2.75) is 25.7 Å². The zero-order valence-electron chi connectivity index (χ0n) is 14.9. The lowest BCUT2D eigenvalue weighted by Gasteiger charge is -2.06. The average Bonchev–Trinajstić information content (AvgIpc) is 3.33. The minimum atomic E-state index is -0.378. The van der Waals surface area contributed by atoms with Crippen molar-refractivity contribution in [3.05, 3.63) is 59.2 Å². The molecule has 8 heteroatoms. The number of anilines is 1. The lowest BCUT2D eigenvalue weighted by molar-refractivity contribution is 0.102. The Morgan fingerprint density at radius 3 is 2.61 bits per heavy atom. The largest absolute Gasteiger partial charge is 0.338 e. The van der Waals surface area contributed by atoms with Gasteiger partial charge in [-0.15, -0.1) is 0 Å². The van der Waals surface area contributed by atoms with E-state index in [2.05, 4.69) is 20.6 Å². The van der Waals surface area contributed by atoms with Gasteiger partial charge in [0.2, 0.25) is 5.88 Å². The van der Waals surface area contributed by atoms with Crippen molar-refractivity contribution < 1.29 is 18.2 Å². The van der Waals surface area contributed by atoms with Crippen molar-refractivity contribution in [3.8, 4) is 11.3 Å². The number of carbonyl (C=O) groups is 1. The second-order valence-electron chi connectivity index (χ2n) is 6.87. The number of pyridine rings is 1. The molecule has 1 amide bonds. The van der Waals surface area contributed by atoms with E-state index in [1.807, 2.05) is 0 Å². The molecule has 1 saturated carbocycles. The maximum atomic E-state index is 13.3. The van der Waals surface area contributed by atoms with Crippen LogP contribution in [0, 0.1) is 12.7 Å². The van der Waals surface area contributed by atoms with Crippen LogP contribution in [0.4, 0.5) is 10.3 Å². The zero-order chi connectivity index (χ0) is 19.3. The molecule has 5 rings (SSSR count). The molecule has 1 aromatic carbocycles. The Labute approximate surface area is 158 Å². The summed E-state index contributed by atoms with van der Waals surface area (Å²) in [4.78, 5) is 17.5. The van der Waals surface area contributed by atoms with E-state index in [4.69, 9.17) is 9.05 Å². The second-order valence-corrected chi connectivity index (χ2v) is 6.87. The third kappa shape index (κ3) is 2.92. The molecule has 1 aliphatic rings. The molecule has 0 unspecified atom stereocenters. The number of aromatic nitrogens is 3. The van der Waals surface area contributed by atoms with Gasteiger partial charge >= 0.3 is 0 Å². The van der Waals surface area contributed by atoms with Crippen LogP contribution in [-0.2, 0) is 0 Å². The fraction of sp³-hybridized carbons (Fsp3) is 0.200. The molecule has 1 aliphatic carbocycles. The Kier molecular flexibility index (Phi) is 3.71. The highest BCUT2D eigenvalue weighted by atomic mass is 19.1. The summed E-state index contributed by atoms with van der Waals surface area (Å²) in [6.07, 6.45) is 2.06. The maximum Gasteiger partial charge on any atom is 0.259 e. The first kappa shape index (κ1) is 16.6. The first-order chi connectivity index (χ1) is 13.6. The Hall–Kier alpha value is -3.55. The number of aryl methyl sites for hydroxylation is 1. The molecular weight excluding hydrogens is 363 g/mol. The summed E-state index contributed by atoms with van der Waals surface area (Å²) in [5, 5.41) is 11.1. The molecule has 1 fully saturated rings. The van der Waals surface area contributed by atoms with Crippen LogP contribution in [0.1, 0.15) is 40.5 Å². The molecule has 0 saturated heterocycles. The van der Waals surface area contributed by atoms with Crippen LogP contribution in [0.2, 0.25) is 0 Å². The van der Waals surface area contributed by atoms with Crippen molar-refractivity contribution in [1.82, 2.24) is 15.3 Å². The number of halogens is 1. The maximum absolute atomic E-state index is 13.3. The van der Waals surface area contributed by atoms with E-state index in [9.17, 15) is 9.18 Å². The van der Waals surface area contributed by atoms with Gasteiger partial charge in [-0.3, -0.25) is 10.1 Å². The molecule has 4 aromatic rings. The number of hydrogen-bond donors (Lipinski definition) is 1. The van der Waals surface area contributed by atoms with Gasteiger partial charge in [0.05, 0.1) is 16.6 Å². The number of amides is 1. The van der Waals surface area contributed by atoms with E-state index in [0.29, 0.717) is 33.8 Å². The topological polar surface area (TPSA) is 94.1 Å². The summed E-state index contributed by atoms with van der Waals surface area (Å²) < 4.78 is 23.8. The molecular formula is C20H15FN4O3. The van der Waals surface area contributed by atoms with Gasteiger partial charge in [-0.05, 0) is 50.1 Å². The average molecular weight is 378 g/mol. The highest BCUT2D eigenvalue weighted by Crippen LogP contribution is 2.41. The predicted octanol–water partition coefficient (Wildman–Crippen LogP) is 4.46. The van der Waals surface area contributed by atoms with E-state index < -0.39 is 0 Å². The van der Waals surface area contributed by atoms with Crippen molar-refractivity contribution in [2.24, 2.45) is 0 Å². The molecule has 0 aliphatic heterocycles. The van der Waals surface area contributed by atoms with Gasteiger partial charge < -0.3 is 9.05 Å². The number of rotatable bonds is 4. The molecule has 0 atom stereocenters. The quantitative estimate of drug-likeness (QED) is 0.564. The van der Waals surface area contributed by atoms with Gasteiger partial charge in [0.15, 0.2) is 0 Å². The Morgan fingerprint density at radius 1 is 1.14 bits per heavy atom. The Balaban J connectivity index is 1.65. The summed E-state index contributed by atoms with van der Waals surface area (Å²) in [7, 11) is 0. The zero-order valence-corrected chi connectivity index (χ0v) is 14.9. The van der Waals surface area contributed by atoms with Gasteiger partial charge in [0.1, 0.15) is 11.5 Å². The number of fused-ring (bicyclic) bond motifs is 1. The minimum Gasteiger partial charge on any atom is -0.338 e. The van der Waals surface area contributed by atoms with E-state index >= 15 is 0 Å². The van der Waals surface area contributed by atoms with Crippen LogP contribution in [0.5, 0.6) is 0 Å². The number of nitrogens with zero attached hydrogens (tertiary/aromatic N) is 3. The van der Waals surface area contributed by atoms with Crippen LogP contribution < -0.4 is 5.32 Å². The van der Waals surface area contributed by atoms with E-state index in [1.54, 1.807) is 31.2 Å². The van der Waals surface area contributed by atoms with Gasteiger partial charge in [0.25, 0.3) is 11.6 Å². The molecule has 1 N–H and O–H groups in total. The standard InChI is InChI=1S/C20H15FN4O3/c1-10-8-16(27-24-10)23-19(26)14-9-15(11-2-3-11)22-20-17(14)18(25-28-20)12-4-6-13(21)7-5-12/h4-9,11H,2-3H2,1H3,(H,23,26). The van der Waals surface area contributed by atoms with Crippen molar-refractivity contribution in [2.75, 3.05) is 5.32 Å². The highest BCUT2D eigenvalue weighted by Gasteiger charge is 2.29. The van der Waals surface area contributed by atoms with Crippen LogP contribution in [0.3, 0.4) is 0 Å². The van der Waals surface area contributed by atoms with Crippen LogP contribution >= 0.6 is 0 Å². The smallest absolute Gasteiger partial charge is 0.259 e. The predicted molar refractivity (Wildman–Crippen MR) is 98.4 cm³/mol. The van der Waals surface area contributed by atoms with Crippen LogP contribution in [-0.4, -0.2) is 21.2 Å². The highest BCUT2D eigenvalue weighted by molar-refractivity contribution is 6.14. The molecule has 3 heterocycles. The van der Waals surface area contributed by atoms with Crippen molar-refractivity contribution in [3.63, 3.8) is 0 Å². The van der Waals surface area contributed by atoms with E-state index in [1.165, 1.54) is 12.1 Å². The first-order valence-corrected chi connectivity index (χ1v) is 8.89. The molecule has 28 heavy (non-hydrogen) atoms. The van der Waals surface area contributed by atoms with Crippen LogP contribution in [0.15, 0.2) is 45.4 Å². The van der Waals surface area contributed by atoms with Gasteiger partial charge in [-0.1, -0.05) is 10.3 Å². The Bertz CT molecular complexity index is 1190. The van der Waals surface area contributed by atoms with Gasteiger partial charge in [-0.2, -0.15) is 0 Å². The molecule has 140 valence electrons. The van der Waals surface area contributed by atoms with Crippen LogP contribution in [0.25, 0.3) is 22.4 Å². The lowest BCUT2D eigenvalue weighted by atomic mass is 10.0. The minimum absolute atomic E-state index is 0.250. The summed E-state index contributed by atoms with van der Waals surface area (Å²) >= 11 is 0. The molecule has 0 bridgehead atoms. The normalized spacial score (nSPS) is 13.8. The number of nitrogens with one attached hydrogen (secondary N) is 1. The summed E-state index contributed by atoms with van der Waals surface area (Å²) in [6.45, 7) is 1.77. The number of hydrogen-bond acceptors (Lipinski definition) is 6. The van der Waals surface area contributed by atoms with E-state index in [-0.39, 0.29) is 23.3 Å². The second kappa shape index (κ2) is 6.26.